The molecule has 0 aliphatic carbocycles. The maximum atomic E-state index is 11.3. The first-order valence-corrected chi connectivity index (χ1v) is 3.52. The van der Waals surface area contributed by atoms with E-state index in [9.17, 15) is 9.59 Å². The molecule has 0 aliphatic rings. The molecule has 6 heteroatoms. The van der Waals surface area contributed by atoms with E-state index in [0.29, 0.717) is 0 Å². The summed E-state index contributed by atoms with van der Waals surface area (Å²) in [5.74, 6) is -1.62. The Morgan fingerprint density at radius 3 is 2.62 bits per heavy atom. The highest BCUT2D eigenvalue weighted by molar-refractivity contribution is 6.01. The van der Waals surface area contributed by atoms with E-state index in [1.807, 2.05) is 0 Å². The number of aromatic amines is 1. The first-order chi connectivity index (χ1) is 6.04. The quantitative estimate of drug-likeness (QED) is 0.665. The summed E-state index contributed by atoms with van der Waals surface area (Å²) in [5.41, 5.74) is -0.254. The Hall–Kier alpha value is -1.85. The van der Waals surface area contributed by atoms with E-state index in [-0.39, 0.29) is 11.4 Å². The zero-order chi connectivity index (χ0) is 10.0. The van der Waals surface area contributed by atoms with Crippen molar-refractivity contribution in [1.29, 1.82) is 0 Å². The molecule has 1 rings (SSSR count). The average Bonchev–Trinajstić information content (AvgIpc) is 2.50. The fourth-order valence-corrected chi connectivity index (χ4v) is 0.831. The van der Waals surface area contributed by atoms with Gasteiger partial charge in [-0.15, -0.1) is 0 Å². The van der Waals surface area contributed by atoms with Gasteiger partial charge in [0.25, 0.3) is 5.91 Å². The predicted octanol–water partition coefficient (Wildman–Crippen LogP) is -0.190. The highest BCUT2D eigenvalue weighted by atomic mass is 16.4. The smallest absolute Gasteiger partial charge is 0.354 e. The van der Waals surface area contributed by atoms with Gasteiger partial charge in [-0.2, -0.15) is 0 Å². The van der Waals surface area contributed by atoms with Crippen LogP contribution in [0.25, 0.3) is 0 Å². The number of hydrogen-bond acceptors (Lipinski definition) is 3. The number of carbonyl (C=O) groups is 2. The number of amides is 1. The lowest BCUT2D eigenvalue weighted by atomic mass is 10.3. The van der Waals surface area contributed by atoms with Gasteiger partial charge in [0, 0.05) is 14.1 Å². The lowest BCUT2D eigenvalue weighted by Gasteiger charge is -2.07. The molecular weight excluding hydrogens is 174 g/mol. The van der Waals surface area contributed by atoms with Gasteiger partial charge in [-0.25, -0.2) is 9.78 Å². The molecule has 0 saturated heterocycles. The zero-order valence-corrected chi connectivity index (χ0v) is 7.24. The van der Waals surface area contributed by atoms with Gasteiger partial charge in [0.2, 0.25) is 0 Å². The van der Waals surface area contributed by atoms with E-state index in [0.717, 1.165) is 0 Å². The number of nitrogens with zero attached hydrogens (tertiary/aromatic N) is 2. The average molecular weight is 183 g/mol. The molecule has 6 nitrogen and oxygen atoms in total. The molecule has 0 spiro atoms. The molecule has 0 bridgehead atoms. The van der Waals surface area contributed by atoms with Crippen LogP contribution < -0.4 is 0 Å². The Kier molecular flexibility index (Phi) is 2.32. The Morgan fingerprint density at radius 1 is 1.54 bits per heavy atom. The largest absolute Gasteiger partial charge is 0.477 e. The molecular formula is C7H9N3O3. The lowest BCUT2D eigenvalue weighted by molar-refractivity contribution is 0.0679. The van der Waals surface area contributed by atoms with Crippen molar-refractivity contribution in [2.24, 2.45) is 0 Å². The van der Waals surface area contributed by atoms with E-state index >= 15 is 0 Å². The summed E-state index contributed by atoms with van der Waals surface area (Å²) in [7, 11) is 3.06. The number of imidazole rings is 1. The minimum atomic E-state index is -1.19. The van der Waals surface area contributed by atoms with Crippen molar-refractivity contribution in [2.75, 3.05) is 14.1 Å². The fourth-order valence-electron chi connectivity index (χ4n) is 0.831. The first-order valence-electron chi connectivity index (χ1n) is 3.52. The van der Waals surface area contributed by atoms with Crippen LogP contribution in [0.5, 0.6) is 0 Å². The van der Waals surface area contributed by atoms with Crippen LogP contribution in [-0.2, 0) is 0 Å². The van der Waals surface area contributed by atoms with Gasteiger partial charge in [0.05, 0.1) is 6.33 Å². The second-order valence-electron chi connectivity index (χ2n) is 2.63. The van der Waals surface area contributed by atoms with Crippen LogP contribution in [0.15, 0.2) is 6.33 Å². The first kappa shape index (κ1) is 9.24. The Morgan fingerprint density at radius 2 is 2.15 bits per heavy atom. The third kappa shape index (κ3) is 1.66. The molecule has 0 aliphatic heterocycles. The Bertz CT molecular complexity index is 343. The molecule has 0 aromatic carbocycles. The van der Waals surface area contributed by atoms with Crippen molar-refractivity contribution in [2.45, 2.75) is 0 Å². The summed E-state index contributed by atoms with van der Waals surface area (Å²) in [6, 6.07) is 0. The van der Waals surface area contributed by atoms with Crippen molar-refractivity contribution < 1.29 is 14.7 Å². The monoisotopic (exact) mass is 183 g/mol. The van der Waals surface area contributed by atoms with Gasteiger partial charge < -0.3 is 15.0 Å². The van der Waals surface area contributed by atoms with Crippen molar-refractivity contribution in [3.63, 3.8) is 0 Å². The summed E-state index contributed by atoms with van der Waals surface area (Å²) < 4.78 is 0. The van der Waals surface area contributed by atoms with Crippen LogP contribution in [0.1, 0.15) is 21.0 Å². The molecule has 1 amide bonds. The lowest BCUT2D eigenvalue weighted by Crippen LogP contribution is -2.24. The van der Waals surface area contributed by atoms with Crippen molar-refractivity contribution in [3.05, 3.63) is 17.7 Å². The molecule has 0 fully saturated rings. The Balaban J connectivity index is 3.08. The van der Waals surface area contributed by atoms with Crippen LogP contribution >= 0.6 is 0 Å². The molecule has 0 unspecified atom stereocenters. The van der Waals surface area contributed by atoms with E-state index in [4.69, 9.17) is 5.11 Å². The maximum Gasteiger partial charge on any atom is 0.354 e. The summed E-state index contributed by atoms with van der Waals surface area (Å²) in [5, 5.41) is 8.64. The highest BCUT2D eigenvalue weighted by Gasteiger charge is 2.20. The zero-order valence-electron chi connectivity index (χ0n) is 7.24. The number of H-pyrrole nitrogens is 1. The molecule has 2 N–H and O–H groups in total. The van der Waals surface area contributed by atoms with Crippen LogP contribution in [0.4, 0.5) is 0 Å². The van der Waals surface area contributed by atoms with Gasteiger partial charge in [-0.3, -0.25) is 4.79 Å². The molecule has 1 heterocycles. The standard InChI is InChI=1S/C7H9N3O3/c1-10(2)6(11)4-5(7(12)13)9-3-8-4/h3H,1-2H3,(H,8,9)(H,12,13). The summed E-state index contributed by atoms with van der Waals surface area (Å²) in [6.45, 7) is 0. The van der Waals surface area contributed by atoms with Crippen molar-refractivity contribution >= 4 is 11.9 Å². The number of aromatic carboxylic acids is 1. The summed E-state index contributed by atoms with van der Waals surface area (Å²) >= 11 is 0. The minimum Gasteiger partial charge on any atom is -0.477 e. The number of aromatic nitrogens is 2. The number of rotatable bonds is 2. The molecule has 0 saturated carbocycles. The van der Waals surface area contributed by atoms with E-state index in [1.54, 1.807) is 0 Å². The Labute approximate surface area is 74.2 Å². The summed E-state index contributed by atoms with van der Waals surface area (Å²) in [6.07, 6.45) is 1.18. The molecule has 13 heavy (non-hydrogen) atoms. The van der Waals surface area contributed by atoms with Crippen LogP contribution in [0.3, 0.4) is 0 Å². The molecule has 1 aromatic rings. The molecule has 70 valence electrons. The van der Waals surface area contributed by atoms with Gasteiger partial charge in [0.15, 0.2) is 11.4 Å². The van der Waals surface area contributed by atoms with E-state index in [2.05, 4.69) is 9.97 Å². The SMILES string of the molecule is CN(C)C(=O)c1nc[nH]c1C(=O)O. The topological polar surface area (TPSA) is 86.3 Å². The minimum absolute atomic E-state index is 0.0718. The van der Waals surface area contributed by atoms with Gasteiger partial charge in [0.1, 0.15) is 0 Å². The highest BCUT2D eigenvalue weighted by Crippen LogP contribution is 2.04. The van der Waals surface area contributed by atoms with Crippen LogP contribution in [0.2, 0.25) is 0 Å². The second kappa shape index (κ2) is 3.26. The number of hydrogen-bond donors (Lipinski definition) is 2. The fraction of sp³-hybridized carbons (Fsp3) is 0.286. The third-order valence-electron chi connectivity index (χ3n) is 1.46. The van der Waals surface area contributed by atoms with Crippen LogP contribution in [-0.4, -0.2) is 45.9 Å². The predicted molar refractivity (Wildman–Crippen MR) is 43.6 cm³/mol. The molecule has 0 radical (unpaired) electrons. The van der Waals surface area contributed by atoms with E-state index < -0.39 is 11.9 Å². The number of carboxylic acids is 1. The third-order valence-corrected chi connectivity index (χ3v) is 1.46. The maximum absolute atomic E-state index is 11.3. The van der Waals surface area contributed by atoms with Crippen molar-refractivity contribution in [1.82, 2.24) is 14.9 Å². The molecule has 1 aromatic heterocycles. The molecule has 0 atom stereocenters. The van der Waals surface area contributed by atoms with Crippen molar-refractivity contribution in [3.8, 4) is 0 Å². The van der Waals surface area contributed by atoms with Gasteiger partial charge in [-0.05, 0) is 0 Å². The van der Waals surface area contributed by atoms with E-state index in [1.165, 1.54) is 25.3 Å². The second-order valence-corrected chi connectivity index (χ2v) is 2.63. The number of carboxylic acid groups (broad SMARTS) is 1. The number of nitrogens with one attached hydrogen (secondary N) is 1. The summed E-state index contributed by atoms with van der Waals surface area (Å²) in [4.78, 5) is 29.2. The van der Waals surface area contributed by atoms with Gasteiger partial charge in [-0.1, -0.05) is 0 Å². The van der Waals surface area contributed by atoms with Gasteiger partial charge >= 0.3 is 5.97 Å². The van der Waals surface area contributed by atoms with Crippen LogP contribution in [0, 0.1) is 0 Å². The number of carbonyl (C=O) groups excluding carboxylic acids is 1. The normalized spacial score (nSPS) is 9.69.